The minimum Gasteiger partial charge on any atom is -0.244 e. The van der Waals surface area contributed by atoms with Gasteiger partial charge >= 0.3 is 0 Å². The van der Waals surface area contributed by atoms with Crippen LogP contribution in [0.4, 0.5) is 0 Å². The predicted octanol–water partition coefficient (Wildman–Crippen LogP) is 3.78. The highest BCUT2D eigenvalue weighted by molar-refractivity contribution is 7.98. The van der Waals surface area contributed by atoms with Crippen molar-refractivity contribution in [2.75, 3.05) is 6.26 Å². The Hall–Kier alpha value is -1.86. The summed E-state index contributed by atoms with van der Waals surface area (Å²) in [5, 5.41) is 10.2. The third-order valence-corrected chi connectivity index (χ3v) is 4.95. The zero-order chi connectivity index (χ0) is 15.0. The Morgan fingerprint density at radius 3 is 2.86 bits per heavy atom. The van der Waals surface area contributed by atoms with Gasteiger partial charge in [0.25, 0.3) is 0 Å². The molecular formula is C17H17N3S. The van der Waals surface area contributed by atoms with Crippen LogP contribution in [0.2, 0.25) is 0 Å². The van der Waals surface area contributed by atoms with Gasteiger partial charge in [-0.05, 0) is 41.4 Å². The van der Waals surface area contributed by atoms with E-state index in [1.54, 1.807) is 18.1 Å². The number of nitrogens with zero attached hydrogens (tertiary/aromatic N) is 3. The molecule has 2 aromatic rings. The van der Waals surface area contributed by atoms with Crippen LogP contribution in [-0.4, -0.2) is 16.2 Å². The topological polar surface area (TPSA) is 49.6 Å². The highest BCUT2D eigenvalue weighted by atomic mass is 32.2. The van der Waals surface area contributed by atoms with E-state index in [2.05, 4.69) is 36.0 Å². The Balaban J connectivity index is 2.20. The third-order valence-electron chi connectivity index (χ3n) is 4.22. The number of hydrogen-bond acceptors (Lipinski definition) is 4. The molecule has 1 aliphatic carbocycles. The molecule has 4 heteroatoms. The summed E-state index contributed by atoms with van der Waals surface area (Å²) in [6.07, 6.45) is 6.59. The summed E-state index contributed by atoms with van der Waals surface area (Å²) in [6.45, 7) is 4.56. The molecule has 106 valence electrons. The van der Waals surface area contributed by atoms with Crippen molar-refractivity contribution in [1.82, 2.24) is 9.97 Å². The molecule has 0 aliphatic heterocycles. The molecule has 3 rings (SSSR count). The van der Waals surface area contributed by atoms with Crippen LogP contribution in [0.1, 0.15) is 42.0 Å². The van der Waals surface area contributed by atoms with Crippen molar-refractivity contribution >= 4 is 11.8 Å². The first kappa shape index (κ1) is 14.1. The Morgan fingerprint density at radius 2 is 2.14 bits per heavy atom. The Morgan fingerprint density at radius 1 is 1.33 bits per heavy atom. The lowest BCUT2D eigenvalue weighted by atomic mass is 9.76. The second-order valence-corrected chi connectivity index (χ2v) is 6.91. The number of nitriles is 1. The molecule has 0 fully saturated rings. The van der Waals surface area contributed by atoms with E-state index < -0.39 is 0 Å². The minimum absolute atomic E-state index is 0.103. The van der Waals surface area contributed by atoms with Crippen LogP contribution in [0.5, 0.6) is 0 Å². The van der Waals surface area contributed by atoms with Gasteiger partial charge in [-0.2, -0.15) is 5.26 Å². The molecule has 0 bridgehead atoms. The van der Waals surface area contributed by atoms with Gasteiger partial charge in [-0.25, -0.2) is 9.97 Å². The zero-order valence-corrected chi connectivity index (χ0v) is 13.2. The average Bonchev–Trinajstić information content (AvgIpc) is 2.75. The van der Waals surface area contributed by atoms with Crippen molar-refractivity contribution in [3.63, 3.8) is 0 Å². The first-order valence-electron chi connectivity index (χ1n) is 6.93. The Labute approximate surface area is 129 Å². The summed E-state index contributed by atoms with van der Waals surface area (Å²) >= 11 is 1.65. The number of benzene rings is 1. The lowest BCUT2D eigenvalue weighted by Crippen LogP contribution is -2.20. The monoisotopic (exact) mass is 295 g/mol. The van der Waals surface area contributed by atoms with E-state index in [0.29, 0.717) is 0 Å². The molecule has 0 spiro atoms. The lowest BCUT2D eigenvalue weighted by molar-refractivity contribution is 0.342. The summed E-state index contributed by atoms with van der Waals surface area (Å²) < 4.78 is 0. The van der Waals surface area contributed by atoms with Crippen LogP contribution >= 0.6 is 11.8 Å². The van der Waals surface area contributed by atoms with Crippen LogP contribution in [0, 0.1) is 16.7 Å². The van der Waals surface area contributed by atoms with Crippen LogP contribution in [0.15, 0.2) is 35.7 Å². The smallest absolute Gasteiger partial charge is 0.116 e. The van der Waals surface area contributed by atoms with E-state index in [1.807, 2.05) is 24.6 Å². The van der Waals surface area contributed by atoms with Crippen LogP contribution < -0.4 is 0 Å². The summed E-state index contributed by atoms with van der Waals surface area (Å²) in [5.41, 5.74) is 4.58. The fraction of sp³-hybridized carbons (Fsp3) is 0.353. The largest absolute Gasteiger partial charge is 0.244 e. The van der Waals surface area contributed by atoms with Crippen molar-refractivity contribution in [3.05, 3.63) is 53.0 Å². The normalized spacial score (nSPS) is 19.0. The quantitative estimate of drug-likeness (QED) is 0.625. The number of aromatic nitrogens is 2. The molecule has 21 heavy (non-hydrogen) atoms. The average molecular weight is 295 g/mol. The van der Waals surface area contributed by atoms with Crippen LogP contribution in [-0.2, 0) is 6.42 Å². The number of fused-ring (bicyclic) bond motifs is 1. The molecule has 1 heterocycles. The maximum Gasteiger partial charge on any atom is 0.116 e. The van der Waals surface area contributed by atoms with Gasteiger partial charge in [0.05, 0.1) is 11.6 Å². The molecule has 1 unspecified atom stereocenters. The molecule has 1 atom stereocenters. The molecule has 0 amide bonds. The molecule has 0 saturated heterocycles. The highest BCUT2D eigenvalue weighted by Crippen LogP contribution is 2.51. The molecule has 1 aromatic heterocycles. The van der Waals surface area contributed by atoms with E-state index in [-0.39, 0.29) is 11.3 Å². The molecule has 1 aromatic carbocycles. The summed E-state index contributed by atoms with van der Waals surface area (Å²) in [4.78, 5) is 8.64. The van der Waals surface area contributed by atoms with Crippen LogP contribution in [0.3, 0.4) is 0 Å². The van der Waals surface area contributed by atoms with Gasteiger partial charge in [-0.3, -0.25) is 0 Å². The molecule has 0 N–H and O–H groups in total. The fourth-order valence-corrected chi connectivity index (χ4v) is 3.95. The maximum atomic E-state index is 9.18. The first-order chi connectivity index (χ1) is 10.1. The summed E-state index contributed by atoms with van der Waals surface area (Å²) in [5.74, 6) is 0.240. The molecule has 1 aliphatic rings. The second-order valence-electron chi connectivity index (χ2n) is 6.11. The van der Waals surface area contributed by atoms with Gasteiger partial charge in [0.1, 0.15) is 11.4 Å². The van der Waals surface area contributed by atoms with Gasteiger partial charge in [0.15, 0.2) is 0 Å². The molecule has 0 radical (unpaired) electrons. The zero-order valence-electron chi connectivity index (χ0n) is 12.4. The number of rotatable bonds is 2. The van der Waals surface area contributed by atoms with Crippen molar-refractivity contribution in [1.29, 1.82) is 5.26 Å². The first-order valence-corrected chi connectivity index (χ1v) is 8.16. The van der Waals surface area contributed by atoms with Gasteiger partial charge in [0, 0.05) is 17.7 Å². The standard InChI is InChI=1S/C17H17N3S/c1-17(2)7-12-5-4-11(8-18)6-13(12)15(17)14-9-19-10-20-16(14)21-3/h4-6,9-10,15H,7H2,1-3H3. The lowest BCUT2D eigenvalue weighted by Gasteiger charge is -2.28. The van der Waals surface area contributed by atoms with Gasteiger partial charge in [-0.15, -0.1) is 11.8 Å². The number of hydrogen-bond donors (Lipinski definition) is 0. The van der Waals surface area contributed by atoms with E-state index in [4.69, 9.17) is 0 Å². The van der Waals surface area contributed by atoms with E-state index in [0.717, 1.165) is 17.0 Å². The number of thioether (sulfide) groups is 1. The van der Waals surface area contributed by atoms with E-state index in [9.17, 15) is 5.26 Å². The molecular weight excluding hydrogens is 278 g/mol. The Kier molecular flexibility index (Phi) is 3.46. The summed E-state index contributed by atoms with van der Waals surface area (Å²) in [7, 11) is 0. The van der Waals surface area contributed by atoms with Gasteiger partial charge < -0.3 is 0 Å². The fourth-order valence-electron chi connectivity index (χ4n) is 3.39. The molecule has 3 nitrogen and oxygen atoms in total. The molecule has 0 saturated carbocycles. The van der Waals surface area contributed by atoms with Crippen molar-refractivity contribution in [2.24, 2.45) is 5.41 Å². The Bertz CT molecular complexity index is 731. The highest BCUT2D eigenvalue weighted by Gasteiger charge is 2.41. The SMILES string of the molecule is CSc1ncncc1C1c2cc(C#N)ccc2CC1(C)C. The maximum absolute atomic E-state index is 9.18. The van der Waals surface area contributed by atoms with Gasteiger partial charge in [-0.1, -0.05) is 19.9 Å². The summed E-state index contributed by atoms with van der Waals surface area (Å²) in [6, 6.07) is 8.29. The van der Waals surface area contributed by atoms with E-state index >= 15 is 0 Å². The van der Waals surface area contributed by atoms with Gasteiger partial charge in [0.2, 0.25) is 0 Å². The van der Waals surface area contributed by atoms with Crippen molar-refractivity contribution in [2.45, 2.75) is 31.2 Å². The van der Waals surface area contributed by atoms with Crippen LogP contribution in [0.25, 0.3) is 0 Å². The van der Waals surface area contributed by atoms with Crippen molar-refractivity contribution < 1.29 is 0 Å². The predicted molar refractivity (Wildman–Crippen MR) is 84.3 cm³/mol. The third kappa shape index (κ3) is 2.32. The minimum atomic E-state index is 0.103. The van der Waals surface area contributed by atoms with E-state index in [1.165, 1.54) is 16.7 Å². The second kappa shape index (κ2) is 5.16. The van der Waals surface area contributed by atoms with Crippen molar-refractivity contribution in [3.8, 4) is 6.07 Å².